The van der Waals surface area contributed by atoms with Crippen LogP contribution >= 0.6 is 0 Å². The van der Waals surface area contributed by atoms with E-state index in [1.54, 1.807) is 12.1 Å². The van der Waals surface area contributed by atoms with Gasteiger partial charge in [0.15, 0.2) is 0 Å². The summed E-state index contributed by atoms with van der Waals surface area (Å²) in [4.78, 5) is 22.3. The average molecular weight is 291 g/mol. The van der Waals surface area contributed by atoms with Crippen LogP contribution in [0.25, 0.3) is 6.08 Å². The average Bonchev–Trinajstić information content (AvgIpc) is 2.44. The van der Waals surface area contributed by atoms with Crippen LogP contribution in [-0.2, 0) is 14.3 Å². The van der Waals surface area contributed by atoms with Gasteiger partial charge in [0, 0.05) is 18.4 Å². The van der Waals surface area contributed by atoms with Crippen molar-refractivity contribution >= 4 is 23.6 Å². The molecular formula is C16H21NO4. The van der Waals surface area contributed by atoms with Gasteiger partial charge in [0.25, 0.3) is 0 Å². The van der Waals surface area contributed by atoms with Gasteiger partial charge in [-0.3, -0.25) is 4.79 Å². The van der Waals surface area contributed by atoms with E-state index in [0.29, 0.717) is 25.3 Å². The van der Waals surface area contributed by atoms with E-state index in [1.165, 1.54) is 6.08 Å². The topological polar surface area (TPSA) is 75.6 Å². The molecule has 0 spiro atoms. The Morgan fingerprint density at radius 1 is 1.33 bits per heavy atom. The van der Waals surface area contributed by atoms with Gasteiger partial charge in [0.1, 0.15) is 0 Å². The van der Waals surface area contributed by atoms with Gasteiger partial charge in [-0.15, -0.1) is 0 Å². The minimum absolute atomic E-state index is 0.122. The number of benzene rings is 1. The van der Waals surface area contributed by atoms with Crippen LogP contribution in [0.5, 0.6) is 0 Å². The first-order chi connectivity index (χ1) is 10.0. The largest absolute Gasteiger partial charge is 0.478 e. The number of carbonyl (C=O) groups excluding carboxylic acids is 1. The van der Waals surface area contributed by atoms with Crippen LogP contribution in [0.4, 0.5) is 5.69 Å². The van der Waals surface area contributed by atoms with E-state index >= 15 is 0 Å². The van der Waals surface area contributed by atoms with Crippen LogP contribution in [0.15, 0.2) is 24.3 Å². The molecule has 5 nitrogen and oxygen atoms in total. The minimum atomic E-state index is -1.00. The molecule has 2 N–H and O–H groups in total. The van der Waals surface area contributed by atoms with Crippen LogP contribution in [0.2, 0.25) is 0 Å². The number of carbonyl (C=O) groups is 2. The third-order valence-electron chi connectivity index (χ3n) is 2.79. The van der Waals surface area contributed by atoms with Gasteiger partial charge in [-0.2, -0.15) is 0 Å². The first-order valence-corrected chi connectivity index (χ1v) is 6.92. The Kier molecular flexibility index (Phi) is 7.18. The van der Waals surface area contributed by atoms with Crippen molar-refractivity contribution in [2.75, 3.05) is 18.5 Å². The number of ether oxygens (including phenoxy) is 1. The van der Waals surface area contributed by atoms with Gasteiger partial charge in [0.05, 0.1) is 13.0 Å². The molecule has 0 atom stereocenters. The zero-order chi connectivity index (χ0) is 15.7. The van der Waals surface area contributed by atoms with Crippen molar-refractivity contribution in [1.29, 1.82) is 0 Å². The van der Waals surface area contributed by atoms with E-state index in [-0.39, 0.29) is 5.91 Å². The highest BCUT2D eigenvalue weighted by Gasteiger charge is 2.04. The lowest BCUT2D eigenvalue weighted by Crippen LogP contribution is -2.14. The highest BCUT2D eigenvalue weighted by Crippen LogP contribution is 2.17. The van der Waals surface area contributed by atoms with Crippen molar-refractivity contribution in [3.8, 4) is 0 Å². The molecule has 1 amide bonds. The monoisotopic (exact) mass is 291 g/mol. The van der Waals surface area contributed by atoms with Gasteiger partial charge in [-0.1, -0.05) is 13.0 Å². The summed E-state index contributed by atoms with van der Waals surface area (Å²) >= 11 is 0. The van der Waals surface area contributed by atoms with Crippen LogP contribution in [0, 0.1) is 6.92 Å². The molecule has 0 aromatic heterocycles. The molecule has 0 fully saturated rings. The minimum Gasteiger partial charge on any atom is -0.478 e. The summed E-state index contributed by atoms with van der Waals surface area (Å²) in [5.74, 6) is -1.12. The third-order valence-corrected chi connectivity index (χ3v) is 2.79. The second kappa shape index (κ2) is 8.92. The lowest BCUT2D eigenvalue weighted by molar-refractivity contribution is -0.131. The maximum absolute atomic E-state index is 11.7. The van der Waals surface area contributed by atoms with E-state index in [9.17, 15) is 9.59 Å². The molecule has 21 heavy (non-hydrogen) atoms. The molecule has 0 radical (unpaired) electrons. The Hall–Kier alpha value is -2.14. The summed E-state index contributed by atoms with van der Waals surface area (Å²) in [6.07, 6.45) is 3.82. The summed E-state index contributed by atoms with van der Waals surface area (Å²) in [7, 11) is 0. The van der Waals surface area contributed by atoms with E-state index in [4.69, 9.17) is 9.84 Å². The molecule has 114 valence electrons. The molecule has 5 heteroatoms. The standard InChI is InChI=1S/C16H21NO4/c1-3-9-21-10-8-15(18)17-14-6-4-12(2)13(11-14)5-7-16(19)20/h4-7,11H,3,8-10H2,1-2H3,(H,17,18)(H,19,20). The normalized spacial score (nSPS) is 10.8. The van der Waals surface area contributed by atoms with Crippen molar-refractivity contribution in [2.45, 2.75) is 26.7 Å². The van der Waals surface area contributed by atoms with Gasteiger partial charge in [0.2, 0.25) is 5.91 Å². The molecule has 0 aliphatic heterocycles. The fourth-order valence-electron chi connectivity index (χ4n) is 1.69. The van der Waals surface area contributed by atoms with Crippen molar-refractivity contribution in [1.82, 2.24) is 0 Å². The maximum Gasteiger partial charge on any atom is 0.328 e. The molecule has 0 saturated heterocycles. The Balaban J connectivity index is 2.61. The van der Waals surface area contributed by atoms with Crippen molar-refractivity contribution in [3.05, 3.63) is 35.4 Å². The predicted octanol–water partition coefficient (Wildman–Crippen LogP) is 2.85. The van der Waals surface area contributed by atoms with Crippen LogP contribution < -0.4 is 5.32 Å². The Labute approximate surface area is 124 Å². The zero-order valence-electron chi connectivity index (χ0n) is 12.4. The number of carboxylic acids is 1. The highest BCUT2D eigenvalue weighted by atomic mass is 16.5. The van der Waals surface area contributed by atoms with Crippen molar-refractivity contribution < 1.29 is 19.4 Å². The number of anilines is 1. The van der Waals surface area contributed by atoms with E-state index in [0.717, 1.165) is 23.6 Å². The van der Waals surface area contributed by atoms with Crippen molar-refractivity contribution in [3.63, 3.8) is 0 Å². The summed E-state index contributed by atoms with van der Waals surface area (Å²) in [6.45, 7) is 4.95. The number of rotatable bonds is 8. The summed E-state index contributed by atoms with van der Waals surface area (Å²) in [6, 6.07) is 5.38. The first kappa shape index (κ1) is 16.9. The Morgan fingerprint density at radius 3 is 2.76 bits per heavy atom. The number of hydrogen-bond acceptors (Lipinski definition) is 3. The summed E-state index contributed by atoms with van der Waals surface area (Å²) < 4.78 is 5.26. The van der Waals surface area contributed by atoms with Crippen molar-refractivity contribution in [2.24, 2.45) is 0 Å². The number of amides is 1. The second-order valence-corrected chi connectivity index (χ2v) is 4.65. The fourth-order valence-corrected chi connectivity index (χ4v) is 1.69. The highest BCUT2D eigenvalue weighted by molar-refractivity contribution is 5.91. The van der Waals surface area contributed by atoms with Crippen LogP contribution in [0.3, 0.4) is 0 Å². The fraction of sp³-hybridized carbons (Fsp3) is 0.375. The zero-order valence-corrected chi connectivity index (χ0v) is 12.4. The lowest BCUT2D eigenvalue weighted by Gasteiger charge is -2.08. The molecule has 0 bridgehead atoms. The quantitative estimate of drug-likeness (QED) is 0.570. The van der Waals surface area contributed by atoms with Gasteiger partial charge < -0.3 is 15.2 Å². The Bertz CT molecular complexity index is 523. The number of aryl methyl sites for hydroxylation is 1. The van der Waals surface area contributed by atoms with Crippen LogP contribution in [0.1, 0.15) is 30.9 Å². The van der Waals surface area contributed by atoms with E-state index < -0.39 is 5.97 Å². The molecule has 1 aromatic rings. The second-order valence-electron chi connectivity index (χ2n) is 4.65. The molecule has 1 rings (SSSR count). The summed E-state index contributed by atoms with van der Waals surface area (Å²) in [5, 5.41) is 11.4. The summed E-state index contributed by atoms with van der Waals surface area (Å²) in [5.41, 5.74) is 2.35. The molecule has 0 saturated carbocycles. The number of hydrogen-bond donors (Lipinski definition) is 2. The van der Waals surface area contributed by atoms with Gasteiger partial charge >= 0.3 is 5.97 Å². The van der Waals surface area contributed by atoms with Crippen LogP contribution in [-0.4, -0.2) is 30.2 Å². The van der Waals surface area contributed by atoms with E-state index in [1.807, 2.05) is 19.9 Å². The SMILES string of the molecule is CCCOCCC(=O)Nc1ccc(C)c(C=CC(=O)O)c1. The van der Waals surface area contributed by atoms with Gasteiger partial charge in [-0.05, 0) is 42.7 Å². The van der Waals surface area contributed by atoms with E-state index in [2.05, 4.69) is 5.32 Å². The molecule has 0 aliphatic carbocycles. The number of aliphatic carboxylic acids is 1. The first-order valence-electron chi connectivity index (χ1n) is 6.92. The molecular weight excluding hydrogens is 270 g/mol. The molecule has 0 heterocycles. The predicted molar refractivity (Wildman–Crippen MR) is 82.2 cm³/mol. The number of carboxylic acid groups (broad SMARTS) is 1. The maximum atomic E-state index is 11.7. The smallest absolute Gasteiger partial charge is 0.328 e. The molecule has 0 unspecified atom stereocenters. The molecule has 1 aromatic carbocycles. The lowest BCUT2D eigenvalue weighted by atomic mass is 10.1. The molecule has 0 aliphatic rings. The third kappa shape index (κ3) is 6.72. The number of nitrogens with one attached hydrogen (secondary N) is 1. The van der Waals surface area contributed by atoms with Gasteiger partial charge in [-0.25, -0.2) is 4.79 Å². The Morgan fingerprint density at radius 2 is 2.10 bits per heavy atom.